The minimum atomic E-state index is -1.98. The number of rotatable bonds is 7. The Bertz CT molecular complexity index is 951. The van der Waals surface area contributed by atoms with Crippen molar-refractivity contribution in [2.45, 2.75) is 78.6 Å². The summed E-state index contributed by atoms with van der Waals surface area (Å²) in [5.41, 5.74) is 0. The van der Waals surface area contributed by atoms with E-state index in [0.717, 1.165) is 0 Å². The number of hydrogen-bond donors (Lipinski definition) is 4. The molecule has 4 N–H and O–H groups in total. The highest BCUT2D eigenvalue weighted by Gasteiger charge is 2.66. The van der Waals surface area contributed by atoms with Crippen molar-refractivity contribution in [1.29, 1.82) is 0 Å². The van der Waals surface area contributed by atoms with Crippen molar-refractivity contribution < 1.29 is 20.4 Å². The maximum absolute atomic E-state index is 10.3. The van der Waals surface area contributed by atoms with Gasteiger partial charge in [-0.2, -0.15) is 0 Å². The van der Waals surface area contributed by atoms with Crippen LogP contribution in [0.3, 0.4) is 0 Å². The average Bonchev–Trinajstić information content (AvgIpc) is 2.65. The van der Waals surface area contributed by atoms with Crippen LogP contribution in [-0.2, 0) is 0 Å². The summed E-state index contributed by atoms with van der Waals surface area (Å²) in [7, 11) is -11.1. The molecule has 0 amide bonds. The van der Waals surface area contributed by atoms with E-state index < -0.39 is 43.6 Å². The number of phenols is 4. The van der Waals surface area contributed by atoms with Crippen LogP contribution in [0.15, 0.2) is 36.4 Å². The Kier molecular flexibility index (Phi) is 7.55. The van der Waals surface area contributed by atoms with Crippen molar-refractivity contribution in [3.05, 3.63) is 36.4 Å². The number of hydrogen-bond acceptors (Lipinski definition) is 4. The zero-order chi connectivity index (χ0) is 26.7. The normalized spacial score (nSPS) is 14.4. The Labute approximate surface area is 211 Å². The second kappa shape index (κ2) is 8.80. The SMILES string of the molecule is C[Si](C)(c1cc(O)cc(O)c1)[Si](C)(C)[Si](C)(C)[Si](C)(C)[Si](C)(C)[Si](C)(C)c1cc(O)cc(O)c1. The molecule has 0 fully saturated rings. The fraction of sp³-hybridized carbons (Fsp3) is 0.500. The predicted molar refractivity (Wildman–Crippen MR) is 164 cm³/mol. The van der Waals surface area contributed by atoms with Crippen molar-refractivity contribution in [1.82, 2.24) is 0 Å². The lowest BCUT2D eigenvalue weighted by Gasteiger charge is -2.62. The summed E-state index contributed by atoms with van der Waals surface area (Å²) >= 11 is 0. The molecule has 0 unspecified atom stereocenters. The fourth-order valence-electron chi connectivity index (χ4n) is 5.76. The molecule has 2 aromatic carbocycles. The Hall–Kier alpha value is -1.06. The summed E-state index contributed by atoms with van der Waals surface area (Å²) in [6.07, 6.45) is 0. The maximum atomic E-state index is 10.3. The van der Waals surface area contributed by atoms with E-state index in [-0.39, 0.29) is 23.0 Å². The van der Waals surface area contributed by atoms with Gasteiger partial charge in [0.1, 0.15) is 23.0 Å². The van der Waals surface area contributed by atoms with E-state index in [2.05, 4.69) is 78.6 Å². The Morgan fingerprint density at radius 2 is 0.559 bits per heavy atom. The molecule has 0 saturated heterocycles. The van der Waals surface area contributed by atoms with E-state index in [9.17, 15) is 20.4 Å². The van der Waals surface area contributed by atoms with Crippen LogP contribution in [-0.4, -0.2) is 64.0 Å². The second-order valence-corrected chi connectivity index (χ2v) is 77.4. The molecule has 2 aromatic rings. The molecular weight excluding hydrogens is 521 g/mol. The van der Waals surface area contributed by atoms with E-state index in [1.165, 1.54) is 22.5 Å². The van der Waals surface area contributed by atoms with Gasteiger partial charge in [-0.25, -0.2) is 0 Å². The molecule has 0 spiro atoms. The third kappa shape index (κ3) is 4.34. The Morgan fingerprint density at radius 1 is 0.353 bits per heavy atom. The highest BCUT2D eigenvalue weighted by molar-refractivity contribution is 7.98. The van der Waals surface area contributed by atoms with Gasteiger partial charge in [0.2, 0.25) is 0 Å². The molecular formula is C24H46O4Si6. The number of phenolic OH excluding ortho intramolecular Hbond substituents is 4. The third-order valence-electron chi connectivity index (χ3n) is 11.1. The maximum Gasteiger partial charge on any atom is 0.119 e. The highest BCUT2D eigenvalue weighted by Crippen LogP contribution is 2.42. The van der Waals surface area contributed by atoms with E-state index in [1.54, 1.807) is 0 Å². The monoisotopic (exact) mass is 566 g/mol. The average molecular weight is 567 g/mol. The highest BCUT2D eigenvalue weighted by atomic mass is 30.0. The van der Waals surface area contributed by atoms with Crippen LogP contribution in [0.2, 0.25) is 78.6 Å². The van der Waals surface area contributed by atoms with Crippen LogP contribution in [0.25, 0.3) is 0 Å². The first-order valence-electron chi connectivity index (χ1n) is 12.1. The quantitative estimate of drug-likeness (QED) is 0.344. The van der Waals surface area contributed by atoms with E-state index in [0.29, 0.717) is 0 Å². The molecule has 0 aliphatic heterocycles. The van der Waals surface area contributed by atoms with Crippen LogP contribution in [0.4, 0.5) is 0 Å². The van der Waals surface area contributed by atoms with E-state index in [1.807, 2.05) is 24.3 Å². The van der Waals surface area contributed by atoms with Crippen LogP contribution in [0, 0.1) is 0 Å². The zero-order valence-electron chi connectivity index (χ0n) is 23.3. The molecule has 0 heterocycles. The molecule has 0 radical (unpaired) electrons. The summed E-state index contributed by atoms with van der Waals surface area (Å²) in [4.78, 5) is 0. The molecule has 0 bridgehead atoms. The second-order valence-electron chi connectivity index (χ2n) is 13.2. The van der Waals surface area contributed by atoms with E-state index >= 15 is 0 Å². The smallest absolute Gasteiger partial charge is 0.119 e. The summed E-state index contributed by atoms with van der Waals surface area (Å²) in [5, 5.41) is 43.4. The van der Waals surface area contributed by atoms with Crippen LogP contribution in [0.5, 0.6) is 23.0 Å². The lowest BCUT2D eigenvalue weighted by atomic mass is 10.3. The van der Waals surface area contributed by atoms with Gasteiger partial charge in [0.15, 0.2) is 0 Å². The molecule has 2 rings (SSSR count). The first kappa shape index (κ1) is 29.2. The van der Waals surface area contributed by atoms with Gasteiger partial charge in [0.05, 0.1) is 15.2 Å². The molecule has 10 heteroatoms. The summed E-state index contributed by atoms with van der Waals surface area (Å²) in [5.74, 6) is 0.623. The van der Waals surface area contributed by atoms with Crippen LogP contribution < -0.4 is 10.4 Å². The Morgan fingerprint density at radius 3 is 0.765 bits per heavy atom. The van der Waals surface area contributed by atoms with Crippen LogP contribution >= 0.6 is 0 Å². The summed E-state index contributed by atoms with van der Waals surface area (Å²) < 4.78 is 0. The molecule has 4 nitrogen and oxygen atoms in total. The molecule has 0 aromatic heterocycles. The minimum Gasteiger partial charge on any atom is -0.508 e. The standard InChI is InChI=1S/C24H46O4Si6/c1-29(2,23-15-19(25)13-20(26)16-23)31(5,6)33(9,10)34(11,12)32(7,8)30(3,4)24-17-21(27)14-22(28)18-24/h13-18,25-28H,1-12H3. The molecule has 0 saturated carbocycles. The van der Waals surface area contributed by atoms with Gasteiger partial charge in [-0.15, -0.1) is 0 Å². The van der Waals surface area contributed by atoms with Gasteiger partial charge in [0.25, 0.3) is 0 Å². The largest absolute Gasteiger partial charge is 0.508 e. The zero-order valence-corrected chi connectivity index (χ0v) is 29.3. The fourth-order valence-corrected chi connectivity index (χ4v) is 156. The van der Waals surface area contributed by atoms with Gasteiger partial charge >= 0.3 is 0 Å². The van der Waals surface area contributed by atoms with Crippen molar-refractivity contribution in [3.63, 3.8) is 0 Å². The van der Waals surface area contributed by atoms with Gasteiger partial charge in [-0.3, -0.25) is 0 Å². The van der Waals surface area contributed by atoms with Crippen LogP contribution in [0.1, 0.15) is 0 Å². The first-order chi connectivity index (χ1) is 15.0. The molecule has 0 aliphatic carbocycles. The predicted octanol–water partition coefficient (Wildman–Crippen LogP) is 5.27. The van der Waals surface area contributed by atoms with Crippen molar-refractivity contribution in [3.8, 4) is 23.0 Å². The van der Waals surface area contributed by atoms with Gasteiger partial charge in [0, 0.05) is 40.6 Å². The lowest BCUT2D eigenvalue weighted by Crippen LogP contribution is -2.90. The topological polar surface area (TPSA) is 80.9 Å². The van der Waals surface area contributed by atoms with Gasteiger partial charge < -0.3 is 20.4 Å². The number of aromatic hydroxyl groups is 4. The minimum absolute atomic E-state index is 0.156. The summed E-state index contributed by atoms with van der Waals surface area (Å²) in [6.45, 7) is 30.8. The summed E-state index contributed by atoms with van der Waals surface area (Å²) in [6, 6.07) is 10.5. The van der Waals surface area contributed by atoms with E-state index in [4.69, 9.17) is 0 Å². The Balaban J connectivity index is 2.67. The molecule has 0 aliphatic rings. The van der Waals surface area contributed by atoms with Crippen molar-refractivity contribution in [2.75, 3.05) is 0 Å². The lowest BCUT2D eigenvalue weighted by molar-refractivity contribution is 0.450. The van der Waals surface area contributed by atoms with Gasteiger partial charge in [-0.1, -0.05) is 88.9 Å². The molecule has 0 atom stereocenters. The first-order valence-corrected chi connectivity index (χ1v) is 35.1. The molecule has 190 valence electrons. The third-order valence-corrected chi connectivity index (χ3v) is 131. The van der Waals surface area contributed by atoms with Crippen molar-refractivity contribution in [2.24, 2.45) is 0 Å². The van der Waals surface area contributed by atoms with Crippen molar-refractivity contribution >= 4 is 54.0 Å². The van der Waals surface area contributed by atoms with Gasteiger partial charge in [-0.05, 0) is 24.3 Å². The number of benzene rings is 2. The molecule has 34 heavy (non-hydrogen) atoms.